The highest BCUT2D eigenvalue weighted by molar-refractivity contribution is 6.30. The Kier molecular flexibility index (Phi) is 5.38. The van der Waals surface area contributed by atoms with E-state index >= 15 is 0 Å². The maximum Gasteiger partial charge on any atom is 0.246 e. The van der Waals surface area contributed by atoms with Crippen molar-refractivity contribution in [2.75, 3.05) is 44.2 Å². The van der Waals surface area contributed by atoms with Crippen molar-refractivity contribution in [1.82, 2.24) is 9.80 Å². The second-order valence-corrected chi connectivity index (χ2v) is 6.81. The molecule has 6 nitrogen and oxygen atoms in total. The molecule has 0 unspecified atom stereocenters. The van der Waals surface area contributed by atoms with Crippen LogP contribution in [0, 0.1) is 0 Å². The summed E-state index contributed by atoms with van der Waals surface area (Å²) in [6.07, 6.45) is 1.34. The van der Waals surface area contributed by atoms with Crippen molar-refractivity contribution >= 4 is 29.1 Å². The summed E-state index contributed by atoms with van der Waals surface area (Å²) in [4.78, 5) is 30.1. The number of aliphatic hydroxyl groups excluding tert-OH is 1. The lowest BCUT2D eigenvalue weighted by atomic mass is 10.1. The summed E-state index contributed by atoms with van der Waals surface area (Å²) in [5.41, 5.74) is 0.763. The Morgan fingerprint density at radius 1 is 1.29 bits per heavy atom. The molecule has 1 atom stereocenters. The van der Waals surface area contributed by atoms with Crippen molar-refractivity contribution in [2.24, 2.45) is 0 Å². The van der Waals surface area contributed by atoms with Crippen LogP contribution in [0.2, 0.25) is 5.02 Å². The number of carbonyl (C=O) groups excluding carboxylic acids is 2. The summed E-state index contributed by atoms with van der Waals surface area (Å²) >= 11 is 5.98. The number of aliphatic hydroxyl groups is 1. The first-order valence-electron chi connectivity index (χ1n) is 8.27. The van der Waals surface area contributed by atoms with Crippen molar-refractivity contribution in [1.29, 1.82) is 0 Å². The summed E-state index contributed by atoms with van der Waals surface area (Å²) in [5.74, 6) is -0.154. The SMILES string of the molecule is O=C(CN1CCC[C@@H](O)C1)N1CCN(c2cccc(Cl)c2)C(=O)C1. The van der Waals surface area contributed by atoms with E-state index in [1.54, 1.807) is 21.9 Å². The molecule has 24 heavy (non-hydrogen) atoms. The Morgan fingerprint density at radius 3 is 2.83 bits per heavy atom. The van der Waals surface area contributed by atoms with Gasteiger partial charge < -0.3 is 14.9 Å². The van der Waals surface area contributed by atoms with Crippen LogP contribution in [-0.2, 0) is 9.59 Å². The maximum atomic E-state index is 12.4. The third-order valence-corrected chi connectivity index (χ3v) is 4.77. The molecule has 2 heterocycles. The van der Waals surface area contributed by atoms with Gasteiger partial charge in [0, 0.05) is 30.3 Å². The minimum Gasteiger partial charge on any atom is -0.392 e. The van der Waals surface area contributed by atoms with Gasteiger partial charge in [-0.3, -0.25) is 14.5 Å². The predicted molar refractivity (Wildman–Crippen MR) is 92.1 cm³/mol. The zero-order chi connectivity index (χ0) is 17.1. The van der Waals surface area contributed by atoms with E-state index in [0.717, 1.165) is 25.1 Å². The topological polar surface area (TPSA) is 64.1 Å². The number of piperidine rings is 1. The molecule has 1 aromatic carbocycles. The van der Waals surface area contributed by atoms with Gasteiger partial charge in [-0.1, -0.05) is 17.7 Å². The van der Waals surface area contributed by atoms with Gasteiger partial charge in [-0.25, -0.2) is 0 Å². The molecule has 130 valence electrons. The van der Waals surface area contributed by atoms with E-state index in [1.807, 2.05) is 17.0 Å². The van der Waals surface area contributed by atoms with E-state index in [4.69, 9.17) is 11.6 Å². The highest BCUT2D eigenvalue weighted by Crippen LogP contribution is 2.21. The van der Waals surface area contributed by atoms with E-state index < -0.39 is 0 Å². The Labute approximate surface area is 146 Å². The Hall–Kier alpha value is -1.63. The summed E-state index contributed by atoms with van der Waals surface area (Å²) in [6.45, 7) is 2.67. The van der Waals surface area contributed by atoms with Crippen molar-refractivity contribution in [3.05, 3.63) is 29.3 Å². The second-order valence-electron chi connectivity index (χ2n) is 6.37. The minimum atomic E-state index is -0.354. The van der Waals surface area contributed by atoms with Gasteiger partial charge in [-0.2, -0.15) is 0 Å². The van der Waals surface area contributed by atoms with E-state index in [0.29, 0.717) is 24.7 Å². The van der Waals surface area contributed by atoms with Gasteiger partial charge in [0.2, 0.25) is 11.8 Å². The summed E-state index contributed by atoms with van der Waals surface area (Å²) in [7, 11) is 0. The van der Waals surface area contributed by atoms with Gasteiger partial charge in [-0.15, -0.1) is 0 Å². The Bertz CT molecular complexity index is 625. The van der Waals surface area contributed by atoms with E-state index in [2.05, 4.69) is 0 Å². The second kappa shape index (κ2) is 7.51. The number of amides is 2. The number of likely N-dealkylation sites (tertiary alicyclic amines) is 1. The molecule has 0 bridgehead atoms. The first-order chi connectivity index (χ1) is 11.5. The zero-order valence-electron chi connectivity index (χ0n) is 13.5. The van der Waals surface area contributed by atoms with Crippen LogP contribution in [0.25, 0.3) is 0 Å². The van der Waals surface area contributed by atoms with Crippen LogP contribution in [0.1, 0.15) is 12.8 Å². The number of rotatable bonds is 3. The molecule has 0 aliphatic carbocycles. The van der Waals surface area contributed by atoms with Gasteiger partial charge >= 0.3 is 0 Å². The van der Waals surface area contributed by atoms with Crippen molar-refractivity contribution in [3.63, 3.8) is 0 Å². The molecule has 0 radical (unpaired) electrons. The predicted octanol–water partition coefficient (Wildman–Crippen LogP) is 0.972. The summed E-state index contributed by atoms with van der Waals surface area (Å²) in [6, 6.07) is 7.18. The number of hydrogen-bond donors (Lipinski definition) is 1. The van der Waals surface area contributed by atoms with Gasteiger partial charge in [0.15, 0.2) is 0 Å². The summed E-state index contributed by atoms with van der Waals surface area (Å²) in [5, 5.41) is 10.3. The molecule has 0 aromatic heterocycles. The molecule has 0 spiro atoms. The molecule has 2 fully saturated rings. The highest BCUT2D eigenvalue weighted by Gasteiger charge is 2.29. The lowest BCUT2D eigenvalue weighted by molar-refractivity contribution is -0.138. The largest absolute Gasteiger partial charge is 0.392 e. The quantitative estimate of drug-likeness (QED) is 0.881. The summed E-state index contributed by atoms with van der Waals surface area (Å²) < 4.78 is 0. The van der Waals surface area contributed by atoms with Crippen LogP contribution in [0.5, 0.6) is 0 Å². The molecular formula is C17H22ClN3O3. The fourth-order valence-electron chi connectivity index (χ4n) is 3.27. The maximum absolute atomic E-state index is 12.4. The molecular weight excluding hydrogens is 330 g/mol. The fraction of sp³-hybridized carbons (Fsp3) is 0.529. The highest BCUT2D eigenvalue weighted by atomic mass is 35.5. The third-order valence-electron chi connectivity index (χ3n) is 4.53. The lowest BCUT2D eigenvalue weighted by Crippen LogP contribution is -2.55. The molecule has 2 aliphatic rings. The molecule has 7 heteroatoms. The first-order valence-corrected chi connectivity index (χ1v) is 8.65. The van der Waals surface area contributed by atoms with Gasteiger partial charge in [0.1, 0.15) is 6.54 Å². The molecule has 0 saturated carbocycles. The van der Waals surface area contributed by atoms with Crippen LogP contribution in [0.3, 0.4) is 0 Å². The lowest BCUT2D eigenvalue weighted by Gasteiger charge is -2.36. The molecule has 1 N–H and O–H groups in total. The number of benzene rings is 1. The molecule has 2 aliphatic heterocycles. The minimum absolute atomic E-state index is 0.0526. The van der Waals surface area contributed by atoms with Gasteiger partial charge in [0.25, 0.3) is 0 Å². The van der Waals surface area contributed by atoms with Crippen LogP contribution in [0.4, 0.5) is 5.69 Å². The third kappa shape index (κ3) is 4.06. The number of halogens is 1. The average Bonchev–Trinajstić information content (AvgIpc) is 2.54. The van der Waals surface area contributed by atoms with Gasteiger partial charge in [-0.05, 0) is 37.6 Å². The van der Waals surface area contributed by atoms with Crippen molar-refractivity contribution < 1.29 is 14.7 Å². The van der Waals surface area contributed by atoms with E-state index in [9.17, 15) is 14.7 Å². The van der Waals surface area contributed by atoms with Crippen molar-refractivity contribution in [3.8, 4) is 0 Å². The monoisotopic (exact) mass is 351 g/mol. The molecule has 2 saturated heterocycles. The average molecular weight is 352 g/mol. The molecule has 1 aromatic rings. The Morgan fingerprint density at radius 2 is 2.12 bits per heavy atom. The Balaban J connectivity index is 1.57. The zero-order valence-corrected chi connectivity index (χ0v) is 14.3. The van der Waals surface area contributed by atoms with Crippen LogP contribution >= 0.6 is 11.6 Å². The number of anilines is 1. The number of carbonyl (C=O) groups is 2. The van der Waals surface area contributed by atoms with Crippen LogP contribution < -0.4 is 4.90 Å². The standard InChI is InChI=1S/C17H22ClN3O3/c18-13-3-1-4-14(9-13)21-8-7-20(12-17(21)24)16(23)11-19-6-2-5-15(22)10-19/h1,3-4,9,15,22H,2,5-8,10-12H2/t15-/m1/s1. The van der Waals surface area contributed by atoms with Crippen LogP contribution in [-0.4, -0.2) is 72.1 Å². The molecule has 3 rings (SSSR count). The number of hydrogen-bond acceptors (Lipinski definition) is 4. The van der Waals surface area contributed by atoms with E-state index in [1.165, 1.54) is 0 Å². The number of β-amino-alcohol motifs (C(OH)–C–C–N with tert-alkyl or cyclic N) is 1. The first kappa shape index (κ1) is 17.2. The fourth-order valence-corrected chi connectivity index (χ4v) is 3.45. The number of piperazine rings is 1. The van der Waals surface area contributed by atoms with Crippen molar-refractivity contribution in [2.45, 2.75) is 18.9 Å². The van der Waals surface area contributed by atoms with E-state index in [-0.39, 0.29) is 31.0 Å². The smallest absolute Gasteiger partial charge is 0.246 e. The van der Waals surface area contributed by atoms with Crippen LogP contribution in [0.15, 0.2) is 24.3 Å². The molecule has 2 amide bonds. The van der Waals surface area contributed by atoms with Gasteiger partial charge in [0.05, 0.1) is 12.6 Å². The number of nitrogens with zero attached hydrogens (tertiary/aromatic N) is 3. The normalized spacial score (nSPS) is 22.8.